The van der Waals surface area contributed by atoms with E-state index < -0.39 is 16.0 Å². The number of halogens is 2. The zero-order valence-corrected chi connectivity index (χ0v) is 19.8. The molecule has 0 saturated carbocycles. The van der Waals surface area contributed by atoms with Crippen molar-refractivity contribution in [3.63, 3.8) is 0 Å². The topological polar surface area (TPSA) is 98.8 Å². The number of nitrogens with one attached hydrogen (secondary N) is 1. The lowest BCUT2D eigenvalue weighted by molar-refractivity contribution is 0.0470. The largest absolute Gasteiger partial charge is 0.496 e. The summed E-state index contributed by atoms with van der Waals surface area (Å²) in [5, 5.41) is -0.170. The van der Waals surface area contributed by atoms with Gasteiger partial charge in [0.1, 0.15) is 17.3 Å². The number of carbonyl (C=O) groups is 2. The number of esters is 1. The first-order chi connectivity index (χ1) is 14.5. The van der Waals surface area contributed by atoms with E-state index >= 15 is 0 Å². The lowest BCUT2D eigenvalue weighted by atomic mass is 10.1. The van der Waals surface area contributed by atoms with Crippen molar-refractivity contribution in [3.05, 3.63) is 57.1 Å². The molecule has 0 unspecified atom stereocenters. The lowest BCUT2D eigenvalue weighted by Gasteiger charge is -2.14. The molecule has 7 nitrogen and oxygen atoms in total. The Morgan fingerprint density at radius 2 is 1.77 bits per heavy atom. The predicted molar refractivity (Wildman–Crippen MR) is 119 cm³/mol. The summed E-state index contributed by atoms with van der Waals surface area (Å²) >= 11 is 12.2. The van der Waals surface area contributed by atoms with Crippen LogP contribution in [0.15, 0.2) is 35.2 Å². The van der Waals surface area contributed by atoms with Crippen LogP contribution in [0.2, 0.25) is 10.0 Å². The van der Waals surface area contributed by atoms with Crippen LogP contribution in [0.4, 0.5) is 0 Å². The van der Waals surface area contributed by atoms with Crippen LogP contribution in [0.1, 0.15) is 47.1 Å². The molecule has 0 radical (unpaired) electrons. The highest BCUT2D eigenvalue weighted by molar-refractivity contribution is 7.89. The van der Waals surface area contributed by atoms with Gasteiger partial charge in [-0.2, -0.15) is 0 Å². The molecule has 31 heavy (non-hydrogen) atoms. The molecule has 0 heterocycles. The van der Waals surface area contributed by atoms with Gasteiger partial charge >= 0.3 is 5.97 Å². The summed E-state index contributed by atoms with van der Waals surface area (Å²) in [6.07, 6.45) is 0. The quantitative estimate of drug-likeness (QED) is 0.413. The number of ketones is 1. The second-order valence-corrected chi connectivity index (χ2v) is 9.72. The number of rotatable bonds is 9. The van der Waals surface area contributed by atoms with Gasteiger partial charge in [0.25, 0.3) is 0 Å². The molecule has 0 aliphatic heterocycles. The van der Waals surface area contributed by atoms with Crippen molar-refractivity contribution in [3.8, 4) is 5.75 Å². The zero-order chi connectivity index (χ0) is 23.3. The molecule has 0 spiro atoms. The molecule has 0 aromatic heterocycles. The van der Waals surface area contributed by atoms with Crippen LogP contribution >= 0.6 is 23.2 Å². The average Bonchev–Trinajstić information content (AvgIpc) is 2.70. The van der Waals surface area contributed by atoms with Gasteiger partial charge in [-0.05, 0) is 43.2 Å². The summed E-state index contributed by atoms with van der Waals surface area (Å²) in [5.74, 6) is -0.496. The standard InChI is InChI=1S/C21H23Cl2NO6S/c1-12(2)10-24-31(27,28)20-8-16(17(22)9-18(20)23)21(26)30-11-15-7-14(13(3)25)5-6-19(15)29-4/h5-9,12,24H,10-11H2,1-4H3. The van der Waals surface area contributed by atoms with Crippen LogP contribution in [0, 0.1) is 5.92 Å². The van der Waals surface area contributed by atoms with Crippen molar-refractivity contribution in [2.24, 2.45) is 5.92 Å². The Bertz CT molecular complexity index is 1100. The molecular weight excluding hydrogens is 465 g/mol. The van der Waals surface area contributed by atoms with Crippen LogP contribution in [0.25, 0.3) is 0 Å². The Morgan fingerprint density at radius 3 is 2.35 bits per heavy atom. The first-order valence-electron chi connectivity index (χ1n) is 9.30. The number of carbonyl (C=O) groups excluding carboxylic acids is 2. The molecule has 0 bridgehead atoms. The van der Waals surface area contributed by atoms with Crippen LogP contribution in [0.5, 0.6) is 5.75 Å². The minimum Gasteiger partial charge on any atom is -0.496 e. The molecule has 0 amide bonds. The van der Waals surface area contributed by atoms with E-state index in [9.17, 15) is 18.0 Å². The molecule has 2 aromatic carbocycles. The van der Waals surface area contributed by atoms with Crippen LogP contribution in [-0.4, -0.2) is 33.8 Å². The molecular formula is C21H23Cl2NO6S. The van der Waals surface area contributed by atoms with Crippen LogP contribution in [-0.2, 0) is 21.4 Å². The Balaban J connectivity index is 2.30. The summed E-state index contributed by atoms with van der Waals surface area (Å²) in [7, 11) is -2.51. The molecule has 168 valence electrons. The van der Waals surface area contributed by atoms with Gasteiger partial charge in [-0.25, -0.2) is 17.9 Å². The number of hydrogen-bond acceptors (Lipinski definition) is 6. The van der Waals surface area contributed by atoms with Crippen molar-refractivity contribution in [2.75, 3.05) is 13.7 Å². The van der Waals surface area contributed by atoms with Crippen LogP contribution in [0.3, 0.4) is 0 Å². The number of methoxy groups -OCH3 is 1. The number of sulfonamides is 1. The summed E-state index contributed by atoms with van der Waals surface area (Å²) in [5.41, 5.74) is 0.749. The van der Waals surface area contributed by atoms with Crippen LogP contribution < -0.4 is 9.46 Å². The second kappa shape index (κ2) is 10.5. The minimum absolute atomic E-state index is 0.0535. The molecule has 0 atom stereocenters. The van der Waals surface area contributed by atoms with E-state index in [1.54, 1.807) is 18.2 Å². The number of ether oxygens (including phenoxy) is 2. The monoisotopic (exact) mass is 487 g/mol. The van der Waals surface area contributed by atoms with E-state index in [-0.39, 0.29) is 45.4 Å². The van der Waals surface area contributed by atoms with Crippen molar-refractivity contribution < 1.29 is 27.5 Å². The fraction of sp³-hybridized carbons (Fsp3) is 0.333. The second-order valence-electron chi connectivity index (χ2n) is 7.17. The highest BCUT2D eigenvalue weighted by atomic mass is 35.5. The van der Waals surface area contributed by atoms with Gasteiger partial charge in [0.2, 0.25) is 10.0 Å². The van der Waals surface area contributed by atoms with Gasteiger partial charge in [-0.3, -0.25) is 4.79 Å². The summed E-state index contributed by atoms with van der Waals surface area (Å²) in [4.78, 5) is 24.0. The van der Waals surface area contributed by atoms with Gasteiger partial charge < -0.3 is 9.47 Å². The molecule has 0 fully saturated rings. The minimum atomic E-state index is -3.96. The first kappa shape index (κ1) is 25.1. The van der Waals surface area contributed by atoms with Gasteiger partial charge in [-0.15, -0.1) is 0 Å². The molecule has 2 rings (SSSR count). The smallest absolute Gasteiger partial charge is 0.340 e. The molecule has 1 N–H and O–H groups in total. The van der Waals surface area contributed by atoms with E-state index in [1.165, 1.54) is 20.1 Å². The van der Waals surface area contributed by atoms with Gasteiger partial charge in [0, 0.05) is 17.7 Å². The van der Waals surface area contributed by atoms with E-state index in [0.717, 1.165) is 6.07 Å². The normalized spacial score (nSPS) is 11.5. The van der Waals surface area contributed by atoms with Gasteiger partial charge in [-0.1, -0.05) is 37.0 Å². The molecule has 0 aliphatic rings. The first-order valence-corrected chi connectivity index (χ1v) is 11.5. The third kappa shape index (κ3) is 6.43. The van der Waals surface area contributed by atoms with Gasteiger partial charge in [0.05, 0.1) is 22.7 Å². The maximum atomic E-state index is 12.6. The van der Waals surface area contributed by atoms with E-state index in [0.29, 0.717) is 16.9 Å². The third-order valence-electron chi connectivity index (χ3n) is 4.26. The zero-order valence-electron chi connectivity index (χ0n) is 17.5. The van der Waals surface area contributed by atoms with Crippen molar-refractivity contribution in [1.29, 1.82) is 0 Å². The molecule has 0 aliphatic carbocycles. The average molecular weight is 488 g/mol. The summed E-state index contributed by atoms with van der Waals surface area (Å²) in [6.45, 7) is 5.11. The van der Waals surface area contributed by atoms with E-state index in [4.69, 9.17) is 32.7 Å². The fourth-order valence-electron chi connectivity index (χ4n) is 2.58. The number of Topliss-reactive ketones (excluding diaryl/α,β-unsaturated/α-hetero) is 1. The predicted octanol–water partition coefficient (Wildman–Crippen LogP) is 4.50. The SMILES string of the molecule is COc1ccc(C(C)=O)cc1COC(=O)c1cc(S(=O)(=O)NCC(C)C)c(Cl)cc1Cl. The number of hydrogen-bond donors (Lipinski definition) is 1. The summed E-state index contributed by atoms with van der Waals surface area (Å²) < 4.78 is 38.1. The Kier molecular flexibility index (Phi) is 8.48. The maximum absolute atomic E-state index is 12.6. The Morgan fingerprint density at radius 1 is 1.10 bits per heavy atom. The molecule has 10 heteroatoms. The number of benzene rings is 2. The van der Waals surface area contributed by atoms with E-state index in [2.05, 4.69) is 4.72 Å². The Labute approximate surface area is 191 Å². The maximum Gasteiger partial charge on any atom is 0.340 e. The van der Waals surface area contributed by atoms with Crippen molar-refractivity contribution >= 4 is 45.0 Å². The van der Waals surface area contributed by atoms with Crippen molar-refractivity contribution in [2.45, 2.75) is 32.3 Å². The highest BCUT2D eigenvalue weighted by Crippen LogP contribution is 2.30. The highest BCUT2D eigenvalue weighted by Gasteiger charge is 2.24. The summed E-state index contributed by atoms with van der Waals surface area (Å²) in [6, 6.07) is 7.02. The Hall–Kier alpha value is -2.13. The lowest BCUT2D eigenvalue weighted by Crippen LogP contribution is -2.28. The van der Waals surface area contributed by atoms with E-state index in [1.807, 2.05) is 13.8 Å². The molecule has 0 saturated heterocycles. The third-order valence-corrected chi connectivity index (χ3v) is 6.46. The van der Waals surface area contributed by atoms with Crippen molar-refractivity contribution in [1.82, 2.24) is 4.72 Å². The van der Waals surface area contributed by atoms with Gasteiger partial charge in [0.15, 0.2) is 5.78 Å². The molecule has 2 aromatic rings. The fourth-order valence-corrected chi connectivity index (χ4v) is 4.64.